The summed E-state index contributed by atoms with van der Waals surface area (Å²) in [6, 6.07) is 11.3. The summed E-state index contributed by atoms with van der Waals surface area (Å²) in [5.74, 6) is -0.585. The molecule has 1 atom stereocenters. The van der Waals surface area contributed by atoms with E-state index in [0.717, 1.165) is 0 Å². The first-order valence-electron chi connectivity index (χ1n) is 9.87. The summed E-state index contributed by atoms with van der Waals surface area (Å²) in [6.07, 6.45) is -1.22. The van der Waals surface area contributed by atoms with E-state index in [2.05, 4.69) is 33.9 Å². The zero-order valence-electron chi connectivity index (χ0n) is 18.1. The van der Waals surface area contributed by atoms with Gasteiger partial charge in [0.05, 0.1) is 12.4 Å². The van der Waals surface area contributed by atoms with Crippen molar-refractivity contribution in [2.45, 2.75) is 33.3 Å². The van der Waals surface area contributed by atoms with Crippen LogP contribution in [0.25, 0.3) is 0 Å². The van der Waals surface area contributed by atoms with E-state index in [1.54, 1.807) is 36.4 Å². The molecule has 2 aromatic rings. The van der Waals surface area contributed by atoms with Crippen molar-refractivity contribution in [2.24, 2.45) is 5.41 Å². The molecule has 32 heavy (non-hydrogen) atoms. The summed E-state index contributed by atoms with van der Waals surface area (Å²) < 4.78 is 11.6. The smallest absolute Gasteiger partial charge is 0.412 e. The minimum Gasteiger partial charge on any atom is -0.508 e. The molecular formula is C23H26BrNO6S. The Morgan fingerprint density at radius 3 is 2.41 bits per heavy atom. The van der Waals surface area contributed by atoms with Crippen LogP contribution in [0.15, 0.2) is 46.9 Å². The second kappa shape index (κ2) is 11.4. The monoisotopic (exact) mass is 523 g/mol. The van der Waals surface area contributed by atoms with Crippen LogP contribution < -0.4 is 5.32 Å². The second-order valence-corrected chi connectivity index (χ2v) is 9.10. The molecule has 0 fully saturated rings. The van der Waals surface area contributed by atoms with Crippen LogP contribution in [0, 0.1) is 5.41 Å². The van der Waals surface area contributed by atoms with Gasteiger partial charge in [-0.25, -0.2) is 4.79 Å². The van der Waals surface area contributed by atoms with Crippen LogP contribution in [-0.4, -0.2) is 35.3 Å². The van der Waals surface area contributed by atoms with Crippen molar-refractivity contribution >= 4 is 52.1 Å². The Labute approximate surface area is 201 Å². The van der Waals surface area contributed by atoms with Crippen LogP contribution in [0.1, 0.15) is 49.2 Å². The predicted octanol–water partition coefficient (Wildman–Crippen LogP) is 5.54. The van der Waals surface area contributed by atoms with Gasteiger partial charge in [0, 0.05) is 26.7 Å². The highest BCUT2D eigenvalue weighted by atomic mass is 79.9. The minimum absolute atomic E-state index is 0.0302. The van der Waals surface area contributed by atoms with Gasteiger partial charge in [0.1, 0.15) is 11.9 Å². The van der Waals surface area contributed by atoms with Gasteiger partial charge in [0.15, 0.2) is 5.78 Å². The molecule has 2 rings (SSSR count). The van der Waals surface area contributed by atoms with Crippen LogP contribution >= 0.6 is 28.6 Å². The highest BCUT2D eigenvalue weighted by Crippen LogP contribution is 2.43. The largest absolute Gasteiger partial charge is 0.508 e. The number of ketones is 1. The Balaban J connectivity index is 2.23. The lowest BCUT2D eigenvalue weighted by Gasteiger charge is -2.34. The van der Waals surface area contributed by atoms with Crippen LogP contribution in [0.2, 0.25) is 0 Å². The quantitative estimate of drug-likeness (QED) is 0.226. The average Bonchev–Trinajstić information content (AvgIpc) is 2.74. The number of benzene rings is 2. The maximum absolute atomic E-state index is 12.7. The van der Waals surface area contributed by atoms with E-state index < -0.39 is 23.6 Å². The third-order valence-electron chi connectivity index (χ3n) is 4.88. The van der Waals surface area contributed by atoms with Gasteiger partial charge in [0.25, 0.3) is 0 Å². The molecule has 0 aliphatic carbocycles. The van der Waals surface area contributed by atoms with E-state index >= 15 is 0 Å². The van der Waals surface area contributed by atoms with Gasteiger partial charge in [-0.05, 0) is 55.8 Å². The van der Waals surface area contributed by atoms with Gasteiger partial charge < -0.3 is 14.6 Å². The van der Waals surface area contributed by atoms with Gasteiger partial charge in [-0.3, -0.25) is 14.9 Å². The van der Waals surface area contributed by atoms with Gasteiger partial charge >= 0.3 is 12.1 Å². The lowest BCUT2D eigenvalue weighted by atomic mass is 9.79. The number of phenolic OH excluding ortho intramolecular Hbond substituents is 1. The number of Topliss-reactive ketones (excluding diaryl/α,β-unsaturated/α-hetero) is 1. The Bertz CT molecular complexity index is 977. The fourth-order valence-electron chi connectivity index (χ4n) is 3.03. The van der Waals surface area contributed by atoms with Gasteiger partial charge in [-0.15, -0.1) is 0 Å². The van der Waals surface area contributed by atoms with Gasteiger partial charge in [0.2, 0.25) is 0 Å². The SMILES string of the molecule is CC(=O)c1ccc(NC(=O)O[C@H](c2cc(Br)ccc2O)C(C)(C)CCOC(=O)CS)cc1. The average molecular weight is 524 g/mol. The standard InChI is InChI=1S/C23H26BrNO6S/c1-14(26)15-4-7-17(8-5-15)25-22(29)31-21(18-12-16(24)6-9-19(18)27)23(2,3)10-11-30-20(28)13-32/h4-9,12,21,27,32H,10-11,13H2,1-3H3,(H,25,29)/t21-/m1/s1. The number of halogens is 1. The summed E-state index contributed by atoms with van der Waals surface area (Å²) in [5.41, 5.74) is 0.688. The number of hydrogen-bond acceptors (Lipinski definition) is 7. The third kappa shape index (κ3) is 7.27. The van der Waals surface area contributed by atoms with E-state index in [1.807, 2.05) is 13.8 Å². The Hall–Kier alpha value is -2.52. The molecule has 0 saturated heterocycles. The summed E-state index contributed by atoms with van der Waals surface area (Å²) in [7, 11) is 0. The number of ether oxygens (including phenoxy) is 2. The molecule has 0 bridgehead atoms. The number of carbonyl (C=O) groups excluding carboxylic acids is 3. The number of esters is 1. The molecule has 1 amide bonds. The highest BCUT2D eigenvalue weighted by molar-refractivity contribution is 9.10. The van der Waals surface area contributed by atoms with Crippen molar-refractivity contribution in [3.05, 3.63) is 58.1 Å². The number of phenols is 1. The summed E-state index contributed by atoms with van der Waals surface area (Å²) in [6.45, 7) is 5.26. The number of carbonyl (C=O) groups is 3. The summed E-state index contributed by atoms with van der Waals surface area (Å²) in [4.78, 5) is 35.5. The van der Waals surface area contributed by atoms with Crippen molar-refractivity contribution in [3.8, 4) is 5.75 Å². The molecule has 0 heterocycles. The van der Waals surface area contributed by atoms with Crippen LogP contribution in [0.4, 0.5) is 10.5 Å². The van der Waals surface area contributed by atoms with Crippen molar-refractivity contribution in [1.29, 1.82) is 0 Å². The van der Waals surface area contributed by atoms with Gasteiger partial charge in [-0.2, -0.15) is 12.6 Å². The minimum atomic E-state index is -0.855. The van der Waals surface area contributed by atoms with Gasteiger partial charge in [-0.1, -0.05) is 29.8 Å². The lowest BCUT2D eigenvalue weighted by molar-refractivity contribution is -0.141. The molecule has 0 aliphatic rings. The molecule has 7 nitrogen and oxygen atoms in total. The number of anilines is 1. The molecule has 0 spiro atoms. The van der Waals surface area contributed by atoms with Crippen molar-refractivity contribution in [1.82, 2.24) is 0 Å². The molecular weight excluding hydrogens is 498 g/mol. The molecule has 2 N–H and O–H groups in total. The number of hydrogen-bond donors (Lipinski definition) is 3. The lowest BCUT2D eigenvalue weighted by Crippen LogP contribution is -2.30. The predicted molar refractivity (Wildman–Crippen MR) is 128 cm³/mol. The van der Waals surface area contributed by atoms with Crippen molar-refractivity contribution < 1.29 is 29.0 Å². The fourth-order valence-corrected chi connectivity index (χ4v) is 3.50. The molecule has 0 radical (unpaired) electrons. The van der Waals surface area contributed by atoms with Crippen LogP contribution in [0.5, 0.6) is 5.75 Å². The normalized spacial score (nSPS) is 12.0. The Morgan fingerprint density at radius 1 is 1.16 bits per heavy atom. The molecule has 9 heteroatoms. The number of aromatic hydroxyl groups is 1. The van der Waals surface area contributed by atoms with Crippen LogP contribution in [-0.2, 0) is 14.3 Å². The number of thiol groups is 1. The zero-order chi connectivity index (χ0) is 23.9. The molecule has 0 saturated carbocycles. The second-order valence-electron chi connectivity index (χ2n) is 7.86. The van der Waals surface area contributed by atoms with Crippen molar-refractivity contribution in [2.75, 3.05) is 17.7 Å². The first-order chi connectivity index (χ1) is 15.0. The number of rotatable bonds is 9. The maximum Gasteiger partial charge on any atom is 0.412 e. The molecule has 172 valence electrons. The van der Waals surface area contributed by atoms with Crippen molar-refractivity contribution in [3.63, 3.8) is 0 Å². The van der Waals surface area contributed by atoms with E-state index in [1.165, 1.54) is 13.0 Å². The maximum atomic E-state index is 12.7. The molecule has 0 unspecified atom stereocenters. The first-order valence-corrected chi connectivity index (χ1v) is 11.3. The number of nitrogens with one attached hydrogen (secondary N) is 1. The van der Waals surface area contributed by atoms with Crippen LogP contribution in [0.3, 0.4) is 0 Å². The zero-order valence-corrected chi connectivity index (χ0v) is 20.5. The first kappa shape index (κ1) is 25.7. The Morgan fingerprint density at radius 2 is 1.81 bits per heavy atom. The molecule has 2 aromatic carbocycles. The van der Waals surface area contributed by atoms with E-state index in [-0.39, 0.29) is 23.9 Å². The Kier molecular flexibility index (Phi) is 9.15. The van der Waals surface area contributed by atoms with E-state index in [9.17, 15) is 19.5 Å². The molecule has 0 aromatic heterocycles. The molecule has 0 aliphatic heterocycles. The highest BCUT2D eigenvalue weighted by Gasteiger charge is 2.36. The summed E-state index contributed by atoms with van der Waals surface area (Å²) >= 11 is 7.26. The third-order valence-corrected chi connectivity index (χ3v) is 5.63. The summed E-state index contributed by atoms with van der Waals surface area (Å²) in [5, 5.41) is 13.1. The topological polar surface area (TPSA) is 102 Å². The fraction of sp³-hybridized carbons (Fsp3) is 0.348. The number of amides is 1. The van der Waals surface area contributed by atoms with E-state index in [0.29, 0.717) is 27.7 Å². The van der Waals surface area contributed by atoms with E-state index in [4.69, 9.17) is 9.47 Å².